The van der Waals surface area contributed by atoms with Crippen LogP contribution >= 0.6 is 11.8 Å². The SMILES string of the molecule is N#Cc1c(F)cccc1Sc1nnc(-c2cccnc2)n1C1CC1. The number of rotatable bonds is 4. The molecule has 24 heavy (non-hydrogen) atoms. The Morgan fingerprint density at radius 2 is 2.08 bits per heavy atom. The summed E-state index contributed by atoms with van der Waals surface area (Å²) in [7, 11) is 0. The zero-order chi connectivity index (χ0) is 16.5. The molecule has 118 valence electrons. The van der Waals surface area contributed by atoms with E-state index in [1.165, 1.54) is 17.8 Å². The standard InChI is InChI=1S/C17H12FN5S/c18-14-4-1-5-15(13(14)9-19)24-17-22-21-16(23(17)12-6-7-12)11-3-2-8-20-10-11/h1-5,8,10,12H,6-7H2. The maximum atomic E-state index is 13.8. The number of benzene rings is 1. The van der Waals surface area contributed by atoms with Crippen molar-refractivity contribution < 1.29 is 4.39 Å². The van der Waals surface area contributed by atoms with Gasteiger partial charge in [-0.2, -0.15) is 5.26 Å². The van der Waals surface area contributed by atoms with E-state index in [0.717, 1.165) is 24.2 Å². The lowest BCUT2D eigenvalue weighted by molar-refractivity contribution is 0.619. The van der Waals surface area contributed by atoms with Gasteiger partial charge >= 0.3 is 0 Å². The van der Waals surface area contributed by atoms with Crippen molar-refractivity contribution in [1.29, 1.82) is 5.26 Å². The third kappa shape index (κ3) is 2.65. The molecule has 2 aromatic heterocycles. The average Bonchev–Trinajstić information content (AvgIpc) is 3.36. The van der Waals surface area contributed by atoms with Gasteiger partial charge in [0.15, 0.2) is 11.0 Å². The van der Waals surface area contributed by atoms with Crippen LogP contribution in [0.25, 0.3) is 11.4 Å². The first-order chi connectivity index (χ1) is 11.8. The molecule has 5 nitrogen and oxygen atoms in total. The molecular formula is C17H12FN5S. The van der Waals surface area contributed by atoms with Gasteiger partial charge in [0.1, 0.15) is 17.4 Å². The molecule has 3 aromatic rings. The molecule has 1 aromatic carbocycles. The number of aromatic nitrogens is 4. The fraction of sp³-hybridized carbons (Fsp3) is 0.176. The highest BCUT2D eigenvalue weighted by Gasteiger charge is 2.30. The number of nitriles is 1. The van der Waals surface area contributed by atoms with E-state index in [4.69, 9.17) is 0 Å². The second kappa shape index (κ2) is 6.06. The van der Waals surface area contributed by atoms with Crippen LogP contribution < -0.4 is 0 Å². The first-order valence-electron chi connectivity index (χ1n) is 7.49. The topological polar surface area (TPSA) is 67.4 Å². The lowest BCUT2D eigenvalue weighted by Gasteiger charge is -2.09. The molecule has 0 radical (unpaired) electrons. The summed E-state index contributed by atoms with van der Waals surface area (Å²) in [6.07, 6.45) is 5.59. The van der Waals surface area contributed by atoms with Crippen molar-refractivity contribution in [2.45, 2.75) is 28.9 Å². The van der Waals surface area contributed by atoms with Crippen LogP contribution in [0.1, 0.15) is 24.4 Å². The highest BCUT2D eigenvalue weighted by atomic mass is 32.2. The lowest BCUT2D eigenvalue weighted by Crippen LogP contribution is -2.00. The van der Waals surface area contributed by atoms with Gasteiger partial charge in [-0.3, -0.25) is 9.55 Å². The van der Waals surface area contributed by atoms with Crippen LogP contribution in [-0.2, 0) is 0 Å². The maximum Gasteiger partial charge on any atom is 0.196 e. The van der Waals surface area contributed by atoms with Crippen LogP contribution in [0, 0.1) is 17.1 Å². The number of nitrogens with zero attached hydrogens (tertiary/aromatic N) is 5. The van der Waals surface area contributed by atoms with E-state index in [2.05, 4.69) is 19.7 Å². The molecule has 1 aliphatic rings. The summed E-state index contributed by atoms with van der Waals surface area (Å²) in [6, 6.07) is 10.7. The second-order valence-corrected chi connectivity index (χ2v) is 6.48. The van der Waals surface area contributed by atoms with Crippen LogP contribution in [0.4, 0.5) is 4.39 Å². The van der Waals surface area contributed by atoms with E-state index < -0.39 is 5.82 Å². The van der Waals surface area contributed by atoms with Crippen molar-refractivity contribution in [3.8, 4) is 17.5 Å². The molecule has 0 amide bonds. The Morgan fingerprint density at radius 1 is 1.21 bits per heavy atom. The maximum absolute atomic E-state index is 13.8. The molecule has 0 bridgehead atoms. The zero-order valence-electron chi connectivity index (χ0n) is 12.6. The Hall–Kier alpha value is -2.72. The van der Waals surface area contributed by atoms with Crippen molar-refractivity contribution in [2.75, 3.05) is 0 Å². The molecule has 4 rings (SSSR count). The van der Waals surface area contributed by atoms with Crippen molar-refractivity contribution in [2.24, 2.45) is 0 Å². The molecule has 0 saturated heterocycles. The Bertz CT molecular complexity index is 928. The summed E-state index contributed by atoms with van der Waals surface area (Å²) in [5.74, 6) is 0.232. The van der Waals surface area contributed by atoms with Gasteiger partial charge in [0.2, 0.25) is 0 Å². The predicted molar refractivity (Wildman–Crippen MR) is 86.8 cm³/mol. The quantitative estimate of drug-likeness (QED) is 0.723. The largest absolute Gasteiger partial charge is 0.299 e. The lowest BCUT2D eigenvalue weighted by atomic mass is 10.2. The van der Waals surface area contributed by atoms with E-state index >= 15 is 0 Å². The fourth-order valence-corrected chi connectivity index (χ4v) is 3.50. The molecule has 0 spiro atoms. The summed E-state index contributed by atoms with van der Waals surface area (Å²) >= 11 is 1.27. The van der Waals surface area contributed by atoms with E-state index in [1.54, 1.807) is 24.5 Å². The zero-order valence-corrected chi connectivity index (χ0v) is 13.4. The van der Waals surface area contributed by atoms with E-state index in [-0.39, 0.29) is 5.56 Å². The molecule has 7 heteroatoms. The van der Waals surface area contributed by atoms with Crippen LogP contribution in [-0.4, -0.2) is 19.7 Å². The summed E-state index contributed by atoms with van der Waals surface area (Å²) in [4.78, 5) is 4.68. The third-order valence-corrected chi connectivity index (χ3v) is 4.81. The Balaban J connectivity index is 1.77. The minimum atomic E-state index is -0.521. The van der Waals surface area contributed by atoms with E-state index in [0.29, 0.717) is 16.1 Å². The van der Waals surface area contributed by atoms with Gasteiger partial charge in [-0.25, -0.2) is 4.39 Å². The predicted octanol–water partition coefficient (Wildman–Crippen LogP) is 3.84. The highest BCUT2D eigenvalue weighted by Crippen LogP contribution is 2.42. The molecule has 0 aliphatic heterocycles. The molecular weight excluding hydrogens is 325 g/mol. The van der Waals surface area contributed by atoms with Gasteiger partial charge in [-0.1, -0.05) is 6.07 Å². The molecule has 1 aliphatic carbocycles. The molecule has 0 N–H and O–H groups in total. The first kappa shape index (κ1) is 14.8. The van der Waals surface area contributed by atoms with Crippen molar-refractivity contribution in [3.05, 3.63) is 54.1 Å². The van der Waals surface area contributed by atoms with Gasteiger partial charge in [-0.15, -0.1) is 10.2 Å². The number of hydrogen-bond acceptors (Lipinski definition) is 5. The average molecular weight is 337 g/mol. The smallest absolute Gasteiger partial charge is 0.196 e. The number of pyridine rings is 1. The van der Waals surface area contributed by atoms with Gasteiger partial charge in [-0.05, 0) is 48.9 Å². The van der Waals surface area contributed by atoms with Crippen LogP contribution in [0.2, 0.25) is 0 Å². The summed E-state index contributed by atoms with van der Waals surface area (Å²) in [5, 5.41) is 18.4. The molecule has 1 saturated carbocycles. The number of hydrogen-bond donors (Lipinski definition) is 0. The van der Waals surface area contributed by atoms with Crippen molar-refractivity contribution in [3.63, 3.8) is 0 Å². The summed E-state index contributed by atoms with van der Waals surface area (Å²) < 4.78 is 15.9. The Morgan fingerprint density at radius 3 is 2.79 bits per heavy atom. The molecule has 0 atom stereocenters. The van der Waals surface area contributed by atoms with Gasteiger partial charge in [0.05, 0.1) is 0 Å². The van der Waals surface area contributed by atoms with Crippen LogP contribution in [0.5, 0.6) is 0 Å². The minimum Gasteiger partial charge on any atom is -0.299 e. The van der Waals surface area contributed by atoms with Gasteiger partial charge in [0.25, 0.3) is 0 Å². The Kier molecular flexibility index (Phi) is 3.75. The number of halogens is 1. The minimum absolute atomic E-state index is 0.0378. The van der Waals surface area contributed by atoms with Crippen molar-refractivity contribution >= 4 is 11.8 Å². The van der Waals surface area contributed by atoms with Crippen molar-refractivity contribution in [1.82, 2.24) is 19.7 Å². The summed E-state index contributed by atoms with van der Waals surface area (Å²) in [5.41, 5.74) is 0.930. The van der Waals surface area contributed by atoms with Crippen LogP contribution in [0.3, 0.4) is 0 Å². The highest BCUT2D eigenvalue weighted by molar-refractivity contribution is 7.99. The molecule has 0 unspecified atom stereocenters. The summed E-state index contributed by atoms with van der Waals surface area (Å²) in [6.45, 7) is 0. The molecule has 1 fully saturated rings. The normalized spacial score (nSPS) is 13.7. The third-order valence-electron chi connectivity index (χ3n) is 3.78. The van der Waals surface area contributed by atoms with Gasteiger partial charge in [0, 0.05) is 28.9 Å². The second-order valence-electron chi connectivity index (χ2n) is 5.48. The first-order valence-corrected chi connectivity index (χ1v) is 8.31. The van der Waals surface area contributed by atoms with E-state index in [1.807, 2.05) is 18.2 Å². The van der Waals surface area contributed by atoms with E-state index in [9.17, 15) is 9.65 Å². The Labute approximate surface area is 142 Å². The van der Waals surface area contributed by atoms with Gasteiger partial charge < -0.3 is 0 Å². The fourth-order valence-electron chi connectivity index (χ4n) is 2.50. The monoisotopic (exact) mass is 337 g/mol. The molecule has 2 heterocycles. The van der Waals surface area contributed by atoms with Crippen LogP contribution in [0.15, 0.2) is 52.8 Å².